The van der Waals surface area contributed by atoms with Gasteiger partial charge in [0.15, 0.2) is 11.6 Å². The molecule has 3 aromatic rings. The Morgan fingerprint density at radius 3 is 2.46 bits per heavy atom. The fourth-order valence-electron chi connectivity index (χ4n) is 2.44. The van der Waals surface area contributed by atoms with E-state index in [1.807, 2.05) is 0 Å². The highest BCUT2D eigenvalue weighted by molar-refractivity contribution is 5.71. The van der Waals surface area contributed by atoms with Crippen molar-refractivity contribution in [3.8, 4) is 28.5 Å². The molecule has 0 saturated carbocycles. The molecule has 0 amide bonds. The van der Waals surface area contributed by atoms with Crippen molar-refractivity contribution in [2.75, 3.05) is 13.7 Å². The Bertz CT molecular complexity index is 981. The van der Waals surface area contributed by atoms with E-state index in [2.05, 4.69) is 9.97 Å². The quantitative estimate of drug-likeness (QED) is 0.634. The van der Waals surface area contributed by atoms with Crippen LogP contribution in [0.15, 0.2) is 48.8 Å². The van der Waals surface area contributed by atoms with Crippen LogP contribution in [0.4, 0.5) is 17.6 Å². The van der Waals surface area contributed by atoms with Gasteiger partial charge < -0.3 is 15.2 Å². The average molecular weight is 393 g/mol. The van der Waals surface area contributed by atoms with E-state index in [-0.39, 0.29) is 28.5 Å². The van der Waals surface area contributed by atoms with Crippen LogP contribution in [-0.4, -0.2) is 23.6 Å². The van der Waals surface area contributed by atoms with Crippen LogP contribution >= 0.6 is 0 Å². The number of ether oxygens (including phenoxy) is 2. The Kier molecular flexibility index (Phi) is 5.46. The first-order valence-electron chi connectivity index (χ1n) is 8.06. The number of rotatable bonds is 6. The lowest BCUT2D eigenvalue weighted by Gasteiger charge is -2.14. The van der Waals surface area contributed by atoms with E-state index in [1.165, 1.54) is 31.5 Å². The third kappa shape index (κ3) is 3.89. The topological polar surface area (TPSA) is 70.3 Å². The predicted molar refractivity (Wildman–Crippen MR) is 93.4 cm³/mol. The van der Waals surface area contributed by atoms with Crippen LogP contribution in [0.2, 0.25) is 0 Å². The van der Waals surface area contributed by atoms with Crippen molar-refractivity contribution in [2.24, 2.45) is 5.73 Å². The van der Waals surface area contributed by atoms with Gasteiger partial charge in [-0.2, -0.15) is 8.78 Å². The number of benzene rings is 1. The maximum absolute atomic E-state index is 14.3. The standard InChI is InChI=1S/C19H15F4N3O2/c1-27-16-7-13(14(20)8-15(16)21)12-3-2-6-25-18(12)28-11-4-5-17(26-9-11)19(22,23)10-24/h2-9H,10,24H2,1H3. The van der Waals surface area contributed by atoms with Gasteiger partial charge in [-0.1, -0.05) is 0 Å². The molecule has 146 valence electrons. The number of nitrogens with two attached hydrogens (primary N) is 1. The molecule has 2 heterocycles. The molecule has 2 N–H and O–H groups in total. The van der Waals surface area contributed by atoms with Gasteiger partial charge in [-0.25, -0.2) is 13.8 Å². The van der Waals surface area contributed by atoms with Crippen LogP contribution < -0.4 is 15.2 Å². The maximum Gasteiger partial charge on any atom is 0.301 e. The number of pyridine rings is 2. The lowest BCUT2D eigenvalue weighted by Crippen LogP contribution is -2.26. The zero-order valence-electron chi connectivity index (χ0n) is 14.6. The molecule has 0 radical (unpaired) electrons. The monoisotopic (exact) mass is 393 g/mol. The fraction of sp³-hybridized carbons (Fsp3) is 0.158. The molecular formula is C19H15F4N3O2. The minimum atomic E-state index is -3.26. The number of methoxy groups -OCH3 is 1. The Balaban J connectivity index is 1.96. The lowest BCUT2D eigenvalue weighted by atomic mass is 10.1. The van der Waals surface area contributed by atoms with Crippen molar-refractivity contribution in [3.05, 3.63) is 66.1 Å². The molecule has 0 spiro atoms. The number of aromatic nitrogens is 2. The summed E-state index contributed by atoms with van der Waals surface area (Å²) in [5.74, 6) is -5.02. The fourth-order valence-corrected chi connectivity index (χ4v) is 2.44. The van der Waals surface area contributed by atoms with Gasteiger partial charge in [0.05, 0.1) is 19.9 Å². The zero-order chi connectivity index (χ0) is 20.3. The van der Waals surface area contributed by atoms with E-state index < -0.39 is 29.8 Å². The Labute approximate surface area is 157 Å². The summed E-state index contributed by atoms with van der Waals surface area (Å²) in [7, 11) is 1.26. The van der Waals surface area contributed by atoms with Gasteiger partial charge in [-0.3, -0.25) is 4.98 Å². The van der Waals surface area contributed by atoms with Gasteiger partial charge in [-0.05, 0) is 30.3 Å². The molecule has 5 nitrogen and oxygen atoms in total. The highest BCUT2D eigenvalue weighted by Gasteiger charge is 2.31. The number of halogens is 4. The minimum Gasteiger partial charge on any atom is -0.494 e. The smallest absolute Gasteiger partial charge is 0.301 e. The van der Waals surface area contributed by atoms with Crippen molar-refractivity contribution >= 4 is 0 Å². The molecule has 0 aliphatic heterocycles. The van der Waals surface area contributed by atoms with Gasteiger partial charge in [-0.15, -0.1) is 0 Å². The van der Waals surface area contributed by atoms with Crippen LogP contribution in [0.5, 0.6) is 17.4 Å². The highest BCUT2D eigenvalue weighted by atomic mass is 19.3. The first-order valence-corrected chi connectivity index (χ1v) is 8.06. The van der Waals surface area contributed by atoms with Crippen molar-refractivity contribution in [2.45, 2.75) is 5.92 Å². The maximum atomic E-state index is 14.3. The molecule has 2 aromatic heterocycles. The molecule has 0 unspecified atom stereocenters. The first-order chi connectivity index (χ1) is 13.4. The molecule has 0 fully saturated rings. The summed E-state index contributed by atoms with van der Waals surface area (Å²) in [4.78, 5) is 7.69. The van der Waals surface area contributed by atoms with E-state index >= 15 is 0 Å². The van der Waals surface area contributed by atoms with Crippen LogP contribution in [0.1, 0.15) is 5.69 Å². The SMILES string of the molecule is COc1cc(-c2cccnc2Oc2ccc(C(F)(F)CN)nc2)c(F)cc1F. The Hall–Kier alpha value is -3.20. The molecule has 28 heavy (non-hydrogen) atoms. The van der Waals surface area contributed by atoms with Gasteiger partial charge in [0.2, 0.25) is 5.88 Å². The van der Waals surface area contributed by atoms with E-state index in [9.17, 15) is 17.6 Å². The molecule has 3 rings (SSSR count). The molecule has 0 saturated heterocycles. The summed E-state index contributed by atoms with van der Waals surface area (Å²) >= 11 is 0. The van der Waals surface area contributed by atoms with Gasteiger partial charge in [0.1, 0.15) is 17.3 Å². The number of nitrogens with zero attached hydrogens (tertiary/aromatic N) is 2. The first kappa shape index (κ1) is 19.6. The van der Waals surface area contributed by atoms with Crippen molar-refractivity contribution in [1.82, 2.24) is 9.97 Å². The zero-order valence-corrected chi connectivity index (χ0v) is 14.6. The van der Waals surface area contributed by atoms with Gasteiger partial charge in [0, 0.05) is 23.4 Å². The van der Waals surface area contributed by atoms with Gasteiger partial charge >= 0.3 is 5.92 Å². The van der Waals surface area contributed by atoms with E-state index in [4.69, 9.17) is 15.2 Å². The second kappa shape index (κ2) is 7.81. The third-order valence-electron chi connectivity index (χ3n) is 3.88. The molecule has 0 aliphatic carbocycles. The van der Waals surface area contributed by atoms with E-state index in [0.717, 1.165) is 12.3 Å². The summed E-state index contributed by atoms with van der Waals surface area (Å²) < 4.78 is 65.5. The van der Waals surface area contributed by atoms with Crippen LogP contribution in [0.25, 0.3) is 11.1 Å². The minimum absolute atomic E-state index is 0.000550. The van der Waals surface area contributed by atoms with Gasteiger partial charge in [0.25, 0.3) is 0 Å². The van der Waals surface area contributed by atoms with Crippen molar-refractivity contribution in [1.29, 1.82) is 0 Å². The lowest BCUT2D eigenvalue weighted by molar-refractivity contribution is 0.00133. The number of hydrogen-bond donors (Lipinski definition) is 1. The summed E-state index contributed by atoms with van der Waals surface area (Å²) in [6.07, 6.45) is 2.49. The summed E-state index contributed by atoms with van der Waals surface area (Å²) in [5.41, 5.74) is 4.74. The van der Waals surface area contributed by atoms with Crippen LogP contribution in [0.3, 0.4) is 0 Å². The molecule has 9 heteroatoms. The van der Waals surface area contributed by atoms with Crippen molar-refractivity contribution < 1.29 is 27.0 Å². The Morgan fingerprint density at radius 1 is 1.04 bits per heavy atom. The largest absolute Gasteiger partial charge is 0.494 e. The summed E-state index contributed by atoms with van der Waals surface area (Å²) in [5, 5.41) is 0. The molecule has 1 aromatic carbocycles. The van der Waals surface area contributed by atoms with Crippen molar-refractivity contribution in [3.63, 3.8) is 0 Å². The van der Waals surface area contributed by atoms with E-state index in [0.29, 0.717) is 6.07 Å². The molecule has 0 bridgehead atoms. The van der Waals surface area contributed by atoms with Crippen LogP contribution in [0, 0.1) is 11.6 Å². The summed E-state index contributed by atoms with van der Waals surface area (Å²) in [6, 6.07) is 7.27. The highest BCUT2D eigenvalue weighted by Crippen LogP contribution is 2.36. The number of hydrogen-bond acceptors (Lipinski definition) is 5. The summed E-state index contributed by atoms with van der Waals surface area (Å²) in [6.45, 7) is -0.879. The second-order valence-electron chi connectivity index (χ2n) is 5.71. The second-order valence-corrected chi connectivity index (χ2v) is 5.71. The van der Waals surface area contributed by atoms with Crippen LogP contribution in [-0.2, 0) is 5.92 Å². The Morgan fingerprint density at radius 2 is 1.82 bits per heavy atom. The predicted octanol–water partition coefficient (Wildman–Crippen LogP) is 4.27. The number of alkyl halides is 2. The molecule has 0 atom stereocenters. The normalized spacial score (nSPS) is 11.4. The average Bonchev–Trinajstić information content (AvgIpc) is 2.69. The third-order valence-corrected chi connectivity index (χ3v) is 3.88. The molecule has 0 aliphatic rings. The van der Waals surface area contributed by atoms with E-state index in [1.54, 1.807) is 6.07 Å². The molecular weight excluding hydrogens is 378 g/mol.